The van der Waals surface area contributed by atoms with E-state index in [0.29, 0.717) is 17.5 Å². The van der Waals surface area contributed by atoms with E-state index in [1.807, 2.05) is 15.5 Å². The van der Waals surface area contributed by atoms with Crippen LogP contribution in [0.15, 0.2) is 30.6 Å². The molecule has 0 aromatic carbocycles. The molecule has 6 nitrogen and oxygen atoms in total. The van der Waals surface area contributed by atoms with Gasteiger partial charge < -0.3 is 9.47 Å². The second-order valence-corrected chi connectivity index (χ2v) is 4.77. The summed E-state index contributed by atoms with van der Waals surface area (Å²) in [5.41, 5.74) is 1.13. The van der Waals surface area contributed by atoms with E-state index in [1.54, 1.807) is 24.5 Å². The second kappa shape index (κ2) is 4.55. The van der Waals surface area contributed by atoms with Crippen LogP contribution < -0.4 is 4.90 Å². The number of fused-ring (bicyclic) bond motifs is 1. The van der Waals surface area contributed by atoms with Crippen LogP contribution in [0, 0.1) is 10.1 Å². The van der Waals surface area contributed by atoms with Crippen molar-refractivity contribution in [1.29, 1.82) is 0 Å². The first-order valence-electron chi connectivity index (χ1n) is 5.84. The molecule has 0 N–H and O–H groups in total. The molecule has 0 saturated carbocycles. The van der Waals surface area contributed by atoms with Crippen molar-refractivity contribution in [2.45, 2.75) is 13.1 Å². The lowest BCUT2D eigenvalue weighted by Gasteiger charge is -2.16. The lowest BCUT2D eigenvalue weighted by atomic mass is 10.2. The molecule has 0 aliphatic carbocycles. The number of nitro groups is 1. The Bertz CT molecular complexity index is 623. The Balaban J connectivity index is 1.87. The van der Waals surface area contributed by atoms with Crippen LogP contribution in [0.2, 0.25) is 5.15 Å². The second-order valence-electron chi connectivity index (χ2n) is 4.39. The predicted octanol–water partition coefficient (Wildman–Crippen LogP) is 2.46. The van der Waals surface area contributed by atoms with Gasteiger partial charge in [0.15, 0.2) is 5.82 Å². The minimum atomic E-state index is -0.343. The largest absolute Gasteiger partial charge is 0.346 e. The van der Waals surface area contributed by atoms with Crippen molar-refractivity contribution in [3.8, 4) is 0 Å². The van der Waals surface area contributed by atoms with Crippen LogP contribution in [0.25, 0.3) is 0 Å². The van der Waals surface area contributed by atoms with Gasteiger partial charge in [-0.05, 0) is 11.6 Å². The smallest absolute Gasteiger partial charge is 0.311 e. The molecule has 98 valence electrons. The summed E-state index contributed by atoms with van der Waals surface area (Å²) < 4.78 is 1.90. The van der Waals surface area contributed by atoms with Gasteiger partial charge in [-0.15, -0.1) is 0 Å². The fourth-order valence-electron chi connectivity index (χ4n) is 2.33. The van der Waals surface area contributed by atoms with Crippen molar-refractivity contribution in [2.24, 2.45) is 0 Å². The molecule has 0 unspecified atom stereocenters. The number of hydrogen-bond acceptors (Lipinski definition) is 4. The molecule has 0 radical (unpaired) electrons. The third kappa shape index (κ3) is 2.15. The molecule has 3 heterocycles. The number of rotatable bonds is 3. The number of pyridine rings is 1. The van der Waals surface area contributed by atoms with E-state index in [-0.39, 0.29) is 10.6 Å². The molecule has 0 spiro atoms. The number of nitrogens with zero attached hydrogens (tertiary/aromatic N) is 4. The molecule has 0 saturated heterocycles. The Labute approximate surface area is 114 Å². The van der Waals surface area contributed by atoms with Crippen LogP contribution in [-0.4, -0.2) is 21.0 Å². The quantitative estimate of drug-likeness (QED) is 0.491. The summed E-state index contributed by atoms with van der Waals surface area (Å²) in [5, 5.41) is 11.4. The van der Waals surface area contributed by atoms with Gasteiger partial charge >= 0.3 is 5.69 Å². The normalized spacial score (nSPS) is 13.6. The minimum Gasteiger partial charge on any atom is -0.346 e. The van der Waals surface area contributed by atoms with E-state index in [1.165, 1.54) is 0 Å². The topological polar surface area (TPSA) is 64.2 Å². The van der Waals surface area contributed by atoms with Crippen LogP contribution >= 0.6 is 11.6 Å². The first-order chi connectivity index (χ1) is 9.15. The zero-order valence-corrected chi connectivity index (χ0v) is 10.7. The van der Waals surface area contributed by atoms with Crippen LogP contribution in [0.5, 0.6) is 0 Å². The van der Waals surface area contributed by atoms with Crippen LogP contribution in [-0.2, 0) is 13.1 Å². The summed E-state index contributed by atoms with van der Waals surface area (Å²) in [6.45, 7) is 2.12. The summed E-state index contributed by atoms with van der Waals surface area (Å²) in [6.07, 6.45) is 3.45. The average molecular weight is 279 g/mol. The number of halogens is 1. The van der Waals surface area contributed by atoms with Gasteiger partial charge in [-0.25, -0.2) is 4.98 Å². The summed E-state index contributed by atoms with van der Waals surface area (Å²) >= 11 is 5.74. The SMILES string of the molecule is O=[N+]([O-])c1ccn2c1N(Cc1ccc(Cl)nc1)CC2. The molecule has 2 aromatic rings. The maximum absolute atomic E-state index is 11.0. The van der Waals surface area contributed by atoms with Gasteiger partial charge in [0.2, 0.25) is 0 Å². The molecule has 0 atom stereocenters. The minimum absolute atomic E-state index is 0.152. The van der Waals surface area contributed by atoms with Crippen LogP contribution in [0.4, 0.5) is 11.5 Å². The lowest BCUT2D eigenvalue weighted by Crippen LogP contribution is -2.20. The predicted molar refractivity (Wildman–Crippen MR) is 71.4 cm³/mol. The van der Waals surface area contributed by atoms with Crippen molar-refractivity contribution in [1.82, 2.24) is 9.55 Å². The van der Waals surface area contributed by atoms with E-state index in [0.717, 1.165) is 18.7 Å². The third-order valence-corrected chi connectivity index (χ3v) is 3.41. The van der Waals surface area contributed by atoms with Gasteiger partial charge in [0.1, 0.15) is 5.15 Å². The van der Waals surface area contributed by atoms with Crippen molar-refractivity contribution in [3.63, 3.8) is 0 Å². The highest BCUT2D eigenvalue weighted by Gasteiger charge is 2.28. The van der Waals surface area contributed by atoms with E-state index in [9.17, 15) is 10.1 Å². The molecule has 7 heteroatoms. The highest BCUT2D eigenvalue weighted by atomic mass is 35.5. The molecule has 0 fully saturated rings. The van der Waals surface area contributed by atoms with Gasteiger partial charge in [0.05, 0.1) is 4.92 Å². The van der Waals surface area contributed by atoms with Crippen molar-refractivity contribution in [3.05, 3.63) is 51.4 Å². The zero-order valence-electron chi connectivity index (χ0n) is 9.99. The van der Waals surface area contributed by atoms with Gasteiger partial charge in [0, 0.05) is 38.1 Å². The molecule has 1 aliphatic rings. The van der Waals surface area contributed by atoms with E-state index in [4.69, 9.17) is 11.6 Å². The molecular formula is C12H11ClN4O2. The Morgan fingerprint density at radius 2 is 2.21 bits per heavy atom. The van der Waals surface area contributed by atoms with Gasteiger partial charge in [-0.2, -0.15) is 0 Å². The zero-order chi connectivity index (χ0) is 13.4. The highest BCUT2D eigenvalue weighted by molar-refractivity contribution is 6.29. The van der Waals surface area contributed by atoms with Gasteiger partial charge in [-0.3, -0.25) is 10.1 Å². The van der Waals surface area contributed by atoms with E-state index in [2.05, 4.69) is 4.98 Å². The Morgan fingerprint density at radius 1 is 1.37 bits per heavy atom. The molecule has 3 rings (SSSR count). The first-order valence-corrected chi connectivity index (χ1v) is 6.22. The molecule has 0 amide bonds. The standard InChI is InChI=1S/C12H11ClN4O2/c13-11-2-1-9(7-14-11)8-16-6-5-15-4-3-10(12(15)16)17(18)19/h1-4,7H,5-6,8H2. The summed E-state index contributed by atoms with van der Waals surface area (Å²) in [4.78, 5) is 16.7. The number of hydrogen-bond donors (Lipinski definition) is 0. The van der Waals surface area contributed by atoms with Crippen LogP contribution in [0.3, 0.4) is 0 Å². The van der Waals surface area contributed by atoms with E-state index >= 15 is 0 Å². The fraction of sp³-hybridized carbons (Fsp3) is 0.250. The summed E-state index contributed by atoms with van der Waals surface area (Å²) in [6, 6.07) is 5.15. The van der Waals surface area contributed by atoms with E-state index < -0.39 is 0 Å². The van der Waals surface area contributed by atoms with Crippen LogP contribution in [0.1, 0.15) is 5.56 Å². The summed E-state index contributed by atoms with van der Waals surface area (Å²) in [7, 11) is 0. The maximum Gasteiger partial charge on any atom is 0.311 e. The molecule has 1 aliphatic heterocycles. The van der Waals surface area contributed by atoms with Crippen molar-refractivity contribution < 1.29 is 4.92 Å². The third-order valence-electron chi connectivity index (χ3n) is 3.18. The Kier molecular flexibility index (Phi) is 2.87. The Hall–Kier alpha value is -2.08. The highest BCUT2D eigenvalue weighted by Crippen LogP contribution is 2.34. The summed E-state index contributed by atoms with van der Waals surface area (Å²) in [5.74, 6) is 0.667. The average Bonchev–Trinajstić information content (AvgIpc) is 2.95. The van der Waals surface area contributed by atoms with Crippen molar-refractivity contribution in [2.75, 3.05) is 11.4 Å². The maximum atomic E-state index is 11.0. The lowest BCUT2D eigenvalue weighted by molar-refractivity contribution is -0.384. The molecule has 2 aromatic heterocycles. The molecule has 0 bridgehead atoms. The monoisotopic (exact) mass is 278 g/mol. The number of aromatic nitrogens is 2. The van der Waals surface area contributed by atoms with Gasteiger partial charge in [0.25, 0.3) is 0 Å². The molecule has 19 heavy (non-hydrogen) atoms. The fourth-order valence-corrected chi connectivity index (χ4v) is 2.44. The van der Waals surface area contributed by atoms with Crippen molar-refractivity contribution >= 4 is 23.1 Å². The number of anilines is 1. The Morgan fingerprint density at radius 3 is 2.89 bits per heavy atom. The molecular weight excluding hydrogens is 268 g/mol. The first kappa shape index (κ1) is 12.0. The van der Waals surface area contributed by atoms with Gasteiger partial charge in [-0.1, -0.05) is 17.7 Å².